The summed E-state index contributed by atoms with van der Waals surface area (Å²) < 4.78 is 11.0. The predicted molar refractivity (Wildman–Crippen MR) is 90.0 cm³/mol. The number of nitrogens with one attached hydrogen (secondary N) is 1. The van der Waals surface area contributed by atoms with Crippen LogP contribution in [0.1, 0.15) is 20.8 Å². The zero-order valence-corrected chi connectivity index (χ0v) is 14.0. The standard InChI is InChI=1S/C17H25N3O3/c1-17(2,3)23-16(21)20-11-9-18-15(13-20)19-10-12-22-14-7-5-4-6-8-14/h4-8H,9-13H2,1-3H3,(H,18,19). The van der Waals surface area contributed by atoms with Gasteiger partial charge in [-0.25, -0.2) is 4.79 Å². The first-order valence-electron chi connectivity index (χ1n) is 7.87. The molecule has 0 radical (unpaired) electrons. The molecule has 126 valence electrons. The van der Waals surface area contributed by atoms with Crippen LogP contribution in [0.25, 0.3) is 0 Å². The predicted octanol–water partition coefficient (Wildman–Crippen LogP) is 2.30. The van der Waals surface area contributed by atoms with Gasteiger partial charge in [-0.3, -0.25) is 9.89 Å². The third kappa shape index (κ3) is 6.18. The van der Waals surface area contributed by atoms with Gasteiger partial charge in [-0.05, 0) is 32.9 Å². The first-order valence-corrected chi connectivity index (χ1v) is 7.87. The molecule has 23 heavy (non-hydrogen) atoms. The Morgan fingerprint density at radius 1 is 1.30 bits per heavy atom. The molecule has 0 unspecified atom stereocenters. The van der Waals surface area contributed by atoms with Crippen molar-refractivity contribution in [3.8, 4) is 5.75 Å². The van der Waals surface area contributed by atoms with E-state index in [0.29, 0.717) is 32.8 Å². The highest BCUT2D eigenvalue weighted by molar-refractivity contribution is 5.87. The molecule has 1 heterocycles. The van der Waals surface area contributed by atoms with Gasteiger partial charge in [0.2, 0.25) is 0 Å². The fourth-order valence-corrected chi connectivity index (χ4v) is 2.09. The normalized spacial score (nSPS) is 14.9. The Bertz CT molecular complexity index is 538. The molecule has 0 aromatic heterocycles. The van der Waals surface area contributed by atoms with Crippen molar-refractivity contribution >= 4 is 11.9 Å². The summed E-state index contributed by atoms with van der Waals surface area (Å²) >= 11 is 0. The topological polar surface area (TPSA) is 63.2 Å². The Kier molecular flexibility index (Phi) is 5.84. The number of amides is 1. The molecule has 1 aromatic carbocycles. The molecule has 0 saturated heterocycles. The minimum absolute atomic E-state index is 0.299. The second kappa shape index (κ2) is 7.85. The maximum absolute atomic E-state index is 12.1. The van der Waals surface area contributed by atoms with Gasteiger partial charge in [0.05, 0.1) is 19.6 Å². The van der Waals surface area contributed by atoms with Crippen molar-refractivity contribution in [2.45, 2.75) is 26.4 Å². The van der Waals surface area contributed by atoms with Crippen molar-refractivity contribution in [2.75, 3.05) is 32.8 Å². The zero-order chi connectivity index (χ0) is 16.7. The summed E-state index contributed by atoms with van der Waals surface area (Å²) in [6.45, 7) is 8.38. The lowest BCUT2D eigenvalue weighted by Crippen LogP contribution is -2.47. The molecule has 0 atom stereocenters. The smallest absolute Gasteiger partial charge is 0.410 e. The minimum Gasteiger partial charge on any atom is -0.492 e. The molecule has 0 fully saturated rings. The maximum Gasteiger partial charge on any atom is 0.410 e. The lowest BCUT2D eigenvalue weighted by molar-refractivity contribution is 0.0276. The SMILES string of the molecule is CC(C)(C)OC(=O)N1CCN=C(NCCOc2ccccc2)C1. The lowest BCUT2D eigenvalue weighted by Gasteiger charge is -2.29. The van der Waals surface area contributed by atoms with Crippen LogP contribution >= 0.6 is 0 Å². The van der Waals surface area contributed by atoms with Crippen molar-refractivity contribution in [3.63, 3.8) is 0 Å². The van der Waals surface area contributed by atoms with E-state index in [0.717, 1.165) is 11.6 Å². The van der Waals surface area contributed by atoms with Crippen LogP contribution < -0.4 is 10.1 Å². The van der Waals surface area contributed by atoms with Gasteiger partial charge in [0.25, 0.3) is 0 Å². The van der Waals surface area contributed by atoms with Crippen LogP contribution in [-0.2, 0) is 4.74 Å². The summed E-state index contributed by atoms with van der Waals surface area (Å²) in [5.41, 5.74) is -0.483. The number of carbonyl (C=O) groups excluding carboxylic acids is 1. The average Bonchev–Trinajstić information content (AvgIpc) is 2.51. The van der Waals surface area contributed by atoms with Crippen LogP contribution in [0.5, 0.6) is 5.75 Å². The number of hydrogen-bond acceptors (Lipinski definition) is 5. The van der Waals surface area contributed by atoms with Gasteiger partial charge in [0.1, 0.15) is 23.8 Å². The fourth-order valence-electron chi connectivity index (χ4n) is 2.09. The monoisotopic (exact) mass is 319 g/mol. The molecule has 6 heteroatoms. The van der Waals surface area contributed by atoms with E-state index in [-0.39, 0.29) is 6.09 Å². The van der Waals surface area contributed by atoms with Crippen molar-refractivity contribution < 1.29 is 14.3 Å². The molecule has 1 aromatic rings. The van der Waals surface area contributed by atoms with Gasteiger partial charge < -0.3 is 14.8 Å². The van der Waals surface area contributed by atoms with Gasteiger partial charge >= 0.3 is 6.09 Å². The largest absolute Gasteiger partial charge is 0.492 e. The van der Waals surface area contributed by atoms with Crippen LogP contribution in [0.15, 0.2) is 35.3 Å². The first-order chi connectivity index (χ1) is 10.9. The van der Waals surface area contributed by atoms with Gasteiger partial charge in [0.15, 0.2) is 0 Å². The highest BCUT2D eigenvalue weighted by atomic mass is 16.6. The average molecular weight is 319 g/mol. The molecule has 0 bridgehead atoms. The minimum atomic E-state index is -0.483. The van der Waals surface area contributed by atoms with Gasteiger partial charge in [0, 0.05) is 6.54 Å². The van der Waals surface area contributed by atoms with Crippen molar-refractivity contribution in [2.24, 2.45) is 4.99 Å². The van der Waals surface area contributed by atoms with E-state index in [1.807, 2.05) is 51.1 Å². The number of nitrogens with zero attached hydrogens (tertiary/aromatic N) is 2. The van der Waals surface area contributed by atoms with Crippen LogP contribution in [0.3, 0.4) is 0 Å². The van der Waals surface area contributed by atoms with Crippen LogP contribution in [0, 0.1) is 0 Å². The number of aliphatic imine (C=N–C) groups is 1. The molecule has 2 rings (SSSR count). The molecule has 0 spiro atoms. The molecule has 6 nitrogen and oxygen atoms in total. The van der Waals surface area contributed by atoms with Crippen molar-refractivity contribution in [1.82, 2.24) is 10.2 Å². The number of rotatable bonds is 4. The molecular weight excluding hydrogens is 294 g/mol. The van der Waals surface area contributed by atoms with Gasteiger partial charge in [-0.2, -0.15) is 0 Å². The maximum atomic E-state index is 12.1. The van der Waals surface area contributed by atoms with E-state index in [1.165, 1.54) is 0 Å². The lowest BCUT2D eigenvalue weighted by atomic mass is 10.2. The Balaban J connectivity index is 1.72. The summed E-state index contributed by atoms with van der Waals surface area (Å²) in [5, 5.41) is 3.22. The number of para-hydroxylation sites is 1. The van der Waals surface area contributed by atoms with E-state index in [1.54, 1.807) is 4.90 Å². The van der Waals surface area contributed by atoms with E-state index in [4.69, 9.17) is 9.47 Å². The van der Waals surface area contributed by atoms with E-state index < -0.39 is 5.60 Å². The van der Waals surface area contributed by atoms with Crippen LogP contribution in [0.4, 0.5) is 4.79 Å². The fraction of sp³-hybridized carbons (Fsp3) is 0.529. The van der Waals surface area contributed by atoms with Crippen molar-refractivity contribution in [1.29, 1.82) is 0 Å². The number of ether oxygens (including phenoxy) is 2. The highest BCUT2D eigenvalue weighted by Crippen LogP contribution is 2.11. The molecule has 0 aliphatic carbocycles. The van der Waals surface area contributed by atoms with E-state index in [2.05, 4.69) is 10.3 Å². The number of hydrogen-bond donors (Lipinski definition) is 1. The molecule has 1 aliphatic heterocycles. The summed E-state index contributed by atoms with van der Waals surface area (Å²) in [6, 6.07) is 9.66. The Morgan fingerprint density at radius 2 is 2.04 bits per heavy atom. The molecular formula is C17H25N3O3. The summed E-state index contributed by atoms with van der Waals surface area (Å²) in [7, 11) is 0. The summed E-state index contributed by atoms with van der Waals surface area (Å²) in [5.74, 6) is 1.63. The van der Waals surface area contributed by atoms with Crippen molar-refractivity contribution in [3.05, 3.63) is 30.3 Å². The van der Waals surface area contributed by atoms with E-state index in [9.17, 15) is 4.79 Å². The molecule has 1 aliphatic rings. The summed E-state index contributed by atoms with van der Waals surface area (Å²) in [6.07, 6.45) is -0.299. The molecule has 0 saturated carbocycles. The van der Waals surface area contributed by atoms with E-state index >= 15 is 0 Å². The second-order valence-electron chi connectivity index (χ2n) is 6.32. The molecule has 1 N–H and O–H groups in total. The number of benzene rings is 1. The van der Waals surface area contributed by atoms with Gasteiger partial charge in [-0.15, -0.1) is 0 Å². The quantitative estimate of drug-likeness (QED) is 0.865. The molecule has 1 amide bonds. The third-order valence-corrected chi connectivity index (χ3v) is 3.11. The van der Waals surface area contributed by atoms with Crippen LogP contribution in [0.2, 0.25) is 0 Å². The summed E-state index contributed by atoms with van der Waals surface area (Å²) in [4.78, 5) is 18.1. The Morgan fingerprint density at radius 3 is 2.74 bits per heavy atom. The Labute approximate surface area is 137 Å². The zero-order valence-electron chi connectivity index (χ0n) is 14.0. The highest BCUT2D eigenvalue weighted by Gasteiger charge is 2.24. The van der Waals surface area contributed by atoms with Crippen LogP contribution in [-0.4, -0.2) is 55.2 Å². The number of amidine groups is 1. The number of carbonyl (C=O) groups is 1. The first kappa shape index (κ1) is 17.1. The van der Waals surface area contributed by atoms with Gasteiger partial charge in [-0.1, -0.05) is 18.2 Å². The second-order valence-corrected chi connectivity index (χ2v) is 6.32. The third-order valence-electron chi connectivity index (χ3n) is 3.11. The Hall–Kier alpha value is -2.24.